The fourth-order valence-electron chi connectivity index (χ4n) is 12.9. The molecule has 13 amide bonds. The molecule has 30 N–H and O–H groups in total. The van der Waals surface area contributed by atoms with Crippen LogP contribution in [0.25, 0.3) is 21.8 Å². The summed E-state index contributed by atoms with van der Waals surface area (Å²) in [5.74, 6) is -16.0. The van der Waals surface area contributed by atoms with Gasteiger partial charge in [0.2, 0.25) is 76.8 Å². The Balaban J connectivity index is 1.43. The average Bonchev–Trinajstić information content (AvgIpc) is 1.72. The summed E-state index contributed by atoms with van der Waals surface area (Å²) in [4.78, 5) is 196. The molecule has 40 heteroatoms. The molecule has 39 nitrogen and oxygen atoms in total. The quantitative estimate of drug-likeness (QED) is 0.0149. The minimum atomic E-state index is -1.82. The zero-order valence-corrected chi connectivity index (χ0v) is 67.3. The number of aromatic nitrogens is 2. The molecule has 3 aromatic carbocycles. The summed E-state index contributed by atoms with van der Waals surface area (Å²) in [7, 11) is 0. The second-order valence-corrected chi connectivity index (χ2v) is 30.3. The van der Waals surface area contributed by atoms with Gasteiger partial charge in [-0.15, -0.1) is 11.8 Å². The van der Waals surface area contributed by atoms with Crippen LogP contribution in [0, 0.1) is 34.0 Å². The van der Waals surface area contributed by atoms with Crippen molar-refractivity contribution in [3.63, 3.8) is 0 Å². The lowest BCUT2D eigenvalue weighted by molar-refractivity contribution is -0.137. The van der Waals surface area contributed by atoms with E-state index in [9.17, 15) is 72.5 Å². The maximum Gasteiger partial charge on any atom is 0.245 e. The van der Waals surface area contributed by atoms with E-state index in [1.165, 1.54) is 24.3 Å². The van der Waals surface area contributed by atoms with Crippen LogP contribution in [0.3, 0.4) is 0 Å². The number of hydrogen-bond acceptors (Lipinski definition) is 19. The molecule has 0 spiro atoms. The topological polar surface area (TPSA) is 650 Å². The Morgan fingerprint density at radius 2 is 0.855 bits per heavy atom. The minimum absolute atomic E-state index is 0.00334. The van der Waals surface area contributed by atoms with Gasteiger partial charge in [0.1, 0.15) is 72.2 Å². The van der Waals surface area contributed by atoms with E-state index < -0.39 is 192 Å². The number of nitrogens with one attached hydrogen (secondary N) is 20. The number of carbonyl (C=O) groups is 13. The number of aromatic hydroxyl groups is 1. The first-order valence-corrected chi connectivity index (χ1v) is 40.0. The van der Waals surface area contributed by atoms with Gasteiger partial charge in [0.15, 0.2) is 17.9 Å². The summed E-state index contributed by atoms with van der Waals surface area (Å²) in [5.41, 5.74) is 25.6. The molecule has 1 saturated heterocycles. The molecule has 5 aromatic rings. The van der Waals surface area contributed by atoms with Crippen LogP contribution < -0.4 is 103 Å². The van der Waals surface area contributed by atoms with Crippen LogP contribution in [0.1, 0.15) is 116 Å². The van der Waals surface area contributed by atoms with Crippen molar-refractivity contribution in [3.05, 3.63) is 102 Å². The van der Waals surface area contributed by atoms with Crippen molar-refractivity contribution >= 4 is 128 Å². The van der Waals surface area contributed by atoms with Crippen molar-refractivity contribution < 1.29 is 72.5 Å². The summed E-state index contributed by atoms with van der Waals surface area (Å²) >= 11 is 0.840. The number of para-hydroxylation sites is 2. The Labute approximate surface area is 681 Å². The molecule has 3 heterocycles. The SMILES string of the molecule is CC[C@H](C)[C@@H]1NC(=O)[C@H](CCCNC(=N)N)NC(=O)[C@H]([C@@H](C)CC)NC(=O)[C@H](Cc2ccc(O)cc2)NC(=O)CSC[C@@H](C(N)=O)NC(=O)[C@H](Cc2c[nH]c3ccccc23)NC(=O)[C@H](CC(C)C)NC(=O)[C@H](Cc2c[nH]c3ccccc23)NC(=O)CNC(=O)[C@H](CO)NC(=O)[C@H](CCCNC(=N)N)NC(=O)[C@H](CCCNC(=N)N)NC1=O. The van der Waals surface area contributed by atoms with Gasteiger partial charge in [-0.2, -0.15) is 0 Å². The molecule has 1 fully saturated rings. The molecule has 638 valence electrons. The highest BCUT2D eigenvalue weighted by Gasteiger charge is 2.39. The molecule has 0 saturated carbocycles. The lowest BCUT2D eigenvalue weighted by atomic mass is 9.95. The average molecular weight is 1650 g/mol. The summed E-state index contributed by atoms with van der Waals surface area (Å²) in [5, 5.41) is 85.1. The van der Waals surface area contributed by atoms with E-state index >= 15 is 0 Å². The second-order valence-electron chi connectivity index (χ2n) is 29.3. The van der Waals surface area contributed by atoms with E-state index in [0.29, 0.717) is 38.5 Å². The first kappa shape index (κ1) is 93.6. The van der Waals surface area contributed by atoms with Gasteiger partial charge in [0.05, 0.1) is 18.9 Å². The van der Waals surface area contributed by atoms with Gasteiger partial charge in [0, 0.05) is 78.8 Å². The van der Waals surface area contributed by atoms with Crippen LogP contribution >= 0.6 is 11.8 Å². The van der Waals surface area contributed by atoms with Gasteiger partial charge in [-0.05, 0) is 104 Å². The Morgan fingerprint density at radius 3 is 1.31 bits per heavy atom. The molecule has 0 aliphatic carbocycles. The third kappa shape index (κ3) is 30.5. The van der Waals surface area contributed by atoms with Crippen LogP contribution in [0.15, 0.2) is 85.2 Å². The smallest absolute Gasteiger partial charge is 0.245 e. The fourth-order valence-corrected chi connectivity index (χ4v) is 13.7. The second kappa shape index (κ2) is 47.0. The number of H-pyrrole nitrogens is 2. The molecule has 0 radical (unpaired) electrons. The van der Waals surface area contributed by atoms with Gasteiger partial charge < -0.3 is 123 Å². The molecular formula is C77H114N24O15S. The molecule has 2 aromatic heterocycles. The predicted molar refractivity (Wildman–Crippen MR) is 439 cm³/mol. The molecule has 6 rings (SSSR count). The van der Waals surface area contributed by atoms with Crippen molar-refractivity contribution in [2.24, 2.45) is 40.7 Å². The normalized spacial score (nSPS) is 22.8. The van der Waals surface area contributed by atoms with Crippen molar-refractivity contribution in [1.82, 2.24) is 89.7 Å². The van der Waals surface area contributed by atoms with Gasteiger partial charge in [0.25, 0.3) is 0 Å². The summed E-state index contributed by atoms with van der Waals surface area (Å²) in [6, 6.07) is 3.27. The maximum absolute atomic E-state index is 15.0. The van der Waals surface area contributed by atoms with E-state index in [0.717, 1.165) is 11.8 Å². The number of benzene rings is 3. The number of fused-ring (bicyclic) bond motifs is 2. The number of primary amides is 1. The van der Waals surface area contributed by atoms with Crippen molar-refractivity contribution in [1.29, 1.82) is 16.2 Å². The fraction of sp³-hybridized carbons (Fsp3) is 0.506. The van der Waals surface area contributed by atoms with Crippen molar-refractivity contribution in [3.8, 4) is 5.75 Å². The van der Waals surface area contributed by atoms with E-state index in [1.807, 2.05) is 0 Å². The highest BCUT2D eigenvalue weighted by Crippen LogP contribution is 2.23. The third-order valence-electron chi connectivity index (χ3n) is 19.7. The molecule has 0 unspecified atom stereocenters. The van der Waals surface area contributed by atoms with E-state index in [4.69, 9.17) is 39.2 Å². The largest absolute Gasteiger partial charge is 0.508 e. The minimum Gasteiger partial charge on any atom is -0.508 e. The number of phenols is 1. The molecule has 117 heavy (non-hydrogen) atoms. The van der Waals surface area contributed by atoms with Gasteiger partial charge in [-0.3, -0.25) is 78.6 Å². The van der Waals surface area contributed by atoms with Gasteiger partial charge >= 0.3 is 0 Å². The first-order valence-electron chi connectivity index (χ1n) is 38.9. The Morgan fingerprint density at radius 1 is 0.470 bits per heavy atom. The summed E-state index contributed by atoms with van der Waals surface area (Å²) < 4.78 is 0. The Kier molecular flexibility index (Phi) is 37.6. The standard InChI is InChI=1S/C77H114N24O15S/c1-7-41(5)62-73(115)94-52(21-14-28-86-76(81)82)66(108)93-51(20-13-27-85-75(79)80)67(109)98-58(37-102)65(107)90-36-60(104)91-56(32-44-34-88-49-18-11-9-16-47(44)49)70(112)96-54(30-40(3)4)69(111)97-57(33-45-35-89-50-19-12-10-17-48(45)50)71(113)99-59(64(78)106)38-117-39-61(105)92-55(31-43-23-25-46(103)26-24-43)72(114)101-63(42(6)8-2)74(116)95-53(68(110)100-62)22-15-29-87-77(83)84/h9-12,16-19,23-26,34-35,40-42,51-59,62-63,88-89,102-103H,7-8,13-15,20-22,27-33,36-39H2,1-6H3,(H2,78,106)(H,90,107)(H,91,104)(H,92,105)(H,93,108)(H,94,115)(H,95,116)(H,96,112)(H,97,111)(H,98,109)(H,99,113)(H,100,110)(H,101,114)(H4,79,80,85)(H4,81,82,86)(H4,83,84,87)/t41-,42-,51-,52-,53-,54-,55-,56-,57-,58-,59-,62-,63-/m0/s1. The van der Waals surface area contributed by atoms with E-state index in [1.54, 1.807) is 102 Å². The van der Waals surface area contributed by atoms with Crippen molar-refractivity contribution in [2.45, 2.75) is 185 Å². The summed E-state index contributed by atoms with van der Waals surface area (Å²) in [6.07, 6.45) is 2.68. The van der Waals surface area contributed by atoms with Crippen LogP contribution in [0.2, 0.25) is 0 Å². The number of aromatic amines is 2. The zero-order valence-electron chi connectivity index (χ0n) is 66.5. The first-order chi connectivity index (χ1) is 55.7. The highest BCUT2D eigenvalue weighted by molar-refractivity contribution is 8.00. The molecular weight excluding hydrogens is 1530 g/mol. The maximum atomic E-state index is 15.0. The number of nitrogens with two attached hydrogens (primary N) is 4. The van der Waals surface area contributed by atoms with Crippen molar-refractivity contribution in [2.75, 3.05) is 44.3 Å². The van der Waals surface area contributed by atoms with Crippen LogP contribution in [0.4, 0.5) is 0 Å². The number of thioether (sulfide) groups is 1. The molecule has 13 atom stereocenters. The number of aliphatic hydroxyl groups is 1. The molecule has 1 aliphatic rings. The van der Waals surface area contributed by atoms with Crippen LogP contribution in [-0.2, 0) is 81.6 Å². The molecule has 0 bridgehead atoms. The number of aliphatic hydroxyl groups excluding tert-OH is 1. The number of guanidine groups is 3. The van der Waals surface area contributed by atoms with E-state index in [-0.39, 0.29) is 114 Å². The number of carbonyl (C=O) groups excluding carboxylic acids is 13. The number of rotatable bonds is 26. The highest BCUT2D eigenvalue weighted by atomic mass is 32.2. The van der Waals surface area contributed by atoms with Gasteiger partial charge in [-0.1, -0.05) is 103 Å². The van der Waals surface area contributed by atoms with Crippen LogP contribution in [-0.4, -0.2) is 226 Å². The predicted octanol–water partition coefficient (Wildman–Crippen LogP) is -3.02. The lowest BCUT2D eigenvalue weighted by Gasteiger charge is -2.31. The molecule has 1 aliphatic heterocycles. The Bertz CT molecular complexity index is 4290. The third-order valence-corrected chi connectivity index (χ3v) is 20.7. The lowest BCUT2D eigenvalue weighted by Crippen LogP contribution is -2.61. The number of phenolic OH excluding ortho intramolecular Hbond substituents is 1. The number of hydrogen-bond donors (Lipinski definition) is 26. The monoisotopic (exact) mass is 1650 g/mol. The van der Waals surface area contributed by atoms with E-state index in [2.05, 4.69) is 89.7 Å². The van der Waals surface area contributed by atoms with Gasteiger partial charge in [-0.25, -0.2) is 0 Å². The number of amides is 13. The summed E-state index contributed by atoms with van der Waals surface area (Å²) in [6.45, 7) is 8.36. The zero-order chi connectivity index (χ0) is 86.0. The van der Waals surface area contributed by atoms with Crippen LogP contribution in [0.5, 0.6) is 5.75 Å². The Hall–Kier alpha value is -12.2.